The highest BCUT2D eigenvalue weighted by molar-refractivity contribution is 4.81. The molecule has 0 aromatic carbocycles. The van der Waals surface area contributed by atoms with Crippen molar-refractivity contribution in [3.8, 4) is 0 Å². The molecule has 0 radical (unpaired) electrons. The fourth-order valence-electron chi connectivity index (χ4n) is 4.03. The van der Waals surface area contributed by atoms with Crippen LogP contribution < -0.4 is 0 Å². The van der Waals surface area contributed by atoms with E-state index in [-0.39, 0.29) is 0 Å². The SMILES string of the molecule is CN1CCCN2CCN3CCC[N+](C)(CC1)C3C2. The van der Waals surface area contributed by atoms with Gasteiger partial charge in [0.15, 0.2) is 6.17 Å². The normalized spacial score (nSPS) is 43.7. The minimum atomic E-state index is 0.763. The fraction of sp³-hybridized carbons (Fsp3) is 1.00. The van der Waals surface area contributed by atoms with E-state index in [1.54, 1.807) is 0 Å². The number of nitrogens with zero attached hydrogens (tertiary/aromatic N) is 4. The van der Waals surface area contributed by atoms with Crippen molar-refractivity contribution in [1.82, 2.24) is 14.7 Å². The molecule has 0 aromatic heterocycles. The minimum Gasteiger partial charge on any atom is -0.309 e. The lowest BCUT2D eigenvalue weighted by atomic mass is 10.1. The van der Waals surface area contributed by atoms with Crippen LogP contribution in [0, 0.1) is 0 Å². The van der Waals surface area contributed by atoms with Crippen molar-refractivity contribution in [1.29, 1.82) is 0 Å². The second-order valence-corrected chi connectivity index (χ2v) is 6.75. The van der Waals surface area contributed by atoms with E-state index in [9.17, 15) is 0 Å². The Labute approximate surface area is 112 Å². The molecule has 104 valence electrons. The van der Waals surface area contributed by atoms with Crippen LogP contribution in [0.15, 0.2) is 0 Å². The van der Waals surface area contributed by atoms with Crippen LogP contribution in [0.3, 0.4) is 0 Å². The van der Waals surface area contributed by atoms with Gasteiger partial charge in [-0.1, -0.05) is 0 Å². The van der Waals surface area contributed by atoms with E-state index in [4.69, 9.17) is 0 Å². The van der Waals surface area contributed by atoms with Crippen molar-refractivity contribution in [3.63, 3.8) is 0 Å². The van der Waals surface area contributed by atoms with Crippen LogP contribution in [0.2, 0.25) is 0 Å². The average Bonchev–Trinajstić information content (AvgIpc) is 2.37. The maximum absolute atomic E-state index is 2.77. The molecule has 3 unspecified atom stereocenters. The van der Waals surface area contributed by atoms with E-state index >= 15 is 0 Å². The molecular formula is C14H29N4+. The number of rotatable bonds is 0. The maximum atomic E-state index is 2.77. The van der Waals surface area contributed by atoms with Gasteiger partial charge in [0.05, 0.1) is 26.7 Å². The molecule has 3 aliphatic heterocycles. The molecule has 18 heavy (non-hydrogen) atoms. The van der Waals surface area contributed by atoms with E-state index in [0.717, 1.165) is 6.17 Å². The predicted molar refractivity (Wildman–Crippen MR) is 74.5 cm³/mol. The van der Waals surface area contributed by atoms with Crippen molar-refractivity contribution < 1.29 is 4.48 Å². The summed E-state index contributed by atoms with van der Waals surface area (Å²) in [5.41, 5.74) is 0. The molecule has 2 bridgehead atoms. The number of quaternary nitrogens is 1. The van der Waals surface area contributed by atoms with Crippen molar-refractivity contribution in [3.05, 3.63) is 0 Å². The first kappa shape index (κ1) is 12.9. The molecule has 3 aliphatic rings. The first-order valence-electron chi connectivity index (χ1n) is 7.67. The Morgan fingerprint density at radius 1 is 0.889 bits per heavy atom. The van der Waals surface area contributed by atoms with E-state index in [2.05, 4.69) is 28.8 Å². The third-order valence-electron chi connectivity index (χ3n) is 5.39. The standard InChI is InChI=1S/C14H29N4/c1-15-5-3-6-16-8-9-17-7-4-11-18(2,12-10-15)14(17)13-16/h14H,3-13H2,1-2H3/q+1. The number of hydrogen-bond donors (Lipinski definition) is 0. The maximum Gasteiger partial charge on any atom is 0.158 e. The summed E-state index contributed by atoms with van der Waals surface area (Å²) in [6.45, 7) is 11.8. The molecule has 3 heterocycles. The van der Waals surface area contributed by atoms with Gasteiger partial charge in [-0.15, -0.1) is 0 Å². The zero-order valence-corrected chi connectivity index (χ0v) is 12.1. The van der Waals surface area contributed by atoms with Gasteiger partial charge in [0.25, 0.3) is 0 Å². The molecule has 3 rings (SSSR count). The Balaban J connectivity index is 1.79. The van der Waals surface area contributed by atoms with E-state index in [1.165, 1.54) is 76.2 Å². The summed E-state index contributed by atoms with van der Waals surface area (Å²) in [5, 5.41) is 0. The van der Waals surface area contributed by atoms with Gasteiger partial charge >= 0.3 is 0 Å². The monoisotopic (exact) mass is 253 g/mol. The van der Waals surface area contributed by atoms with Crippen molar-refractivity contribution in [2.45, 2.75) is 19.0 Å². The van der Waals surface area contributed by atoms with Crippen LogP contribution in [0.1, 0.15) is 12.8 Å². The summed E-state index contributed by atoms with van der Waals surface area (Å²) in [6, 6.07) is 0. The lowest BCUT2D eigenvalue weighted by Gasteiger charge is -2.54. The van der Waals surface area contributed by atoms with E-state index < -0.39 is 0 Å². The Morgan fingerprint density at radius 3 is 2.67 bits per heavy atom. The molecule has 0 spiro atoms. The van der Waals surface area contributed by atoms with Crippen molar-refractivity contribution in [2.75, 3.05) is 73.0 Å². The molecule has 3 atom stereocenters. The molecule has 3 saturated heterocycles. The van der Waals surface area contributed by atoms with Gasteiger partial charge < -0.3 is 9.38 Å². The smallest absolute Gasteiger partial charge is 0.158 e. The van der Waals surface area contributed by atoms with Gasteiger partial charge in [-0.2, -0.15) is 0 Å². The summed E-state index contributed by atoms with van der Waals surface area (Å²) in [7, 11) is 4.79. The van der Waals surface area contributed by atoms with Gasteiger partial charge in [-0.05, 0) is 26.6 Å². The first-order valence-corrected chi connectivity index (χ1v) is 7.67. The first-order chi connectivity index (χ1) is 8.67. The second-order valence-electron chi connectivity index (χ2n) is 6.75. The molecule has 0 aliphatic carbocycles. The van der Waals surface area contributed by atoms with Crippen LogP contribution in [0.5, 0.6) is 0 Å². The summed E-state index contributed by atoms with van der Waals surface area (Å²) >= 11 is 0. The Hall–Kier alpha value is -0.160. The Kier molecular flexibility index (Phi) is 3.63. The van der Waals surface area contributed by atoms with Gasteiger partial charge in [0.1, 0.15) is 0 Å². The highest BCUT2D eigenvalue weighted by Gasteiger charge is 2.43. The van der Waals surface area contributed by atoms with Crippen molar-refractivity contribution >= 4 is 0 Å². The molecular weight excluding hydrogens is 224 g/mol. The number of piperazine rings is 1. The fourth-order valence-corrected chi connectivity index (χ4v) is 4.03. The molecule has 3 fully saturated rings. The third kappa shape index (κ3) is 2.44. The topological polar surface area (TPSA) is 9.72 Å². The molecule has 0 N–H and O–H groups in total. The Bertz CT molecular complexity index is 296. The highest BCUT2D eigenvalue weighted by atomic mass is 15.5. The van der Waals surface area contributed by atoms with Crippen LogP contribution in [0.4, 0.5) is 0 Å². The lowest BCUT2D eigenvalue weighted by molar-refractivity contribution is -0.950. The van der Waals surface area contributed by atoms with Crippen LogP contribution >= 0.6 is 0 Å². The molecule has 0 aromatic rings. The average molecular weight is 253 g/mol. The molecule has 0 saturated carbocycles. The van der Waals surface area contributed by atoms with E-state index in [1.807, 2.05) is 0 Å². The van der Waals surface area contributed by atoms with Gasteiger partial charge in [-0.25, -0.2) is 0 Å². The summed E-state index contributed by atoms with van der Waals surface area (Å²) in [5.74, 6) is 0. The predicted octanol–water partition coefficient (Wildman–Crippen LogP) is 0.116. The number of hydrogen-bond acceptors (Lipinski definition) is 3. The van der Waals surface area contributed by atoms with Crippen LogP contribution in [-0.2, 0) is 0 Å². The Morgan fingerprint density at radius 2 is 1.78 bits per heavy atom. The summed E-state index contributed by atoms with van der Waals surface area (Å²) in [6.07, 6.45) is 3.49. The molecule has 4 heteroatoms. The number of fused-ring (bicyclic) bond motifs is 1. The quantitative estimate of drug-likeness (QED) is 0.568. The van der Waals surface area contributed by atoms with Crippen LogP contribution in [-0.4, -0.2) is 98.3 Å². The van der Waals surface area contributed by atoms with E-state index in [0.29, 0.717) is 0 Å². The van der Waals surface area contributed by atoms with Gasteiger partial charge in [-0.3, -0.25) is 9.80 Å². The molecule has 0 amide bonds. The second kappa shape index (κ2) is 5.08. The van der Waals surface area contributed by atoms with Crippen molar-refractivity contribution in [2.24, 2.45) is 0 Å². The third-order valence-corrected chi connectivity index (χ3v) is 5.39. The summed E-state index contributed by atoms with van der Waals surface area (Å²) < 4.78 is 1.28. The highest BCUT2D eigenvalue weighted by Crippen LogP contribution is 2.25. The van der Waals surface area contributed by atoms with Crippen LogP contribution in [0.25, 0.3) is 0 Å². The minimum absolute atomic E-state index is 0.763. The van der Waals surface area contributed by atoms with Gasteiger partial charge in [0.2, 0.25) is 0 Å². The zero-order valence-electron chi connectivity index (χ0n) is 12.1. The lowest BCUT2D eigenvalue weighted by Crippen LogP contribution is -2.71. The summed E-state index contributed by atoms with van der Waals surface area (Å²) in [4.78, 5) is 8.01. The largest absolute Gasteiger partial charge is 0.309 e. The van der Waals surface area contributed by atoms with Gasteiger partial charge in [0, 0.05) is 32.6 Å². The zero-order chi connectivity index (χ0) is 12.6. The number of likely N-dealkylation sites (N-methyl/N-ethyl adjacent to an activating group) is 2. The molecule has 4 nitrogen and oxygen atoms in total.